The zero-order chi connectivity index (χ0) is 9.23. The van der Waals surface area contributed by atoms with Crippen molar-refractivity contribution in [2.75, 3.05) is 26.3 Å². The molecule has 0 aromatic rings. The van der Waals surface area contributed by atoms with Gasteiger partial charge < -0.3 is 21.0 Å². The zero-order valence-electron chi connectivity index (χ0n) is 7.42. The summed E-state index contributed by atoms with van der Waals surface area (Å²) in [7, 11) is 0. The average molecular weight is 175 g/mol. The van der Waals surface area contributed by atoms with Gasteiger partial charge in [-0.05, 0) is 6.92 Å². The molecule has 0 rings (SSSR count). The first-order valence-corrected chi connectivity index (χ1v) is 4.06. The van der Waals surface area contributed by atoms with Crippen LogP contribution in [0.1, 0.15) is 13.3 Å². The van der Waals surface area contributed by atoms with Crippen LogP contribution < -0.4 is 11.1 Å². The van der Waals surface area contributed by atoms with Crippen LogP contribution in [-0.4, -0.2) is 37.3 Å². The molecule has 0 spiro atoms. The Morgan fingerprint density at radius 3 is 2.92 bits per heavy atom. The van der Waals surface area contributed by atoms with Gasteiger partial charge in [-0.1, -0.05) is 5.16 Å². The molecule has 0 bridgehead atoms. The molecule has 0 aromatic heterocycles. The van der Waals surface area contributed by atoms with Gasteiger partial charge in [0.05, 0.1) is 6.61 Å². The molecular formula is C7H17N3O2. The SMILES string of the molecule is CCOCCNCCC(N)=NO. The third kappa shape index (κ3) is 7.30. The molecule has 0 aromatic carbocycles. The Morgan fingerprint density at radius 1 is 1.58 bits per heavy atom. The average Bonchev–Trinajstić information content (AvgIpc) is 2.10. The van der Waals surface area contributed by atoms with Crippen LogP contribution in [0.4, 0.5) is 0 Å². The maximum atomic E-state index is 8.19. The van der Waals surface area contributed by atoms with Crippen molar-refractivity contribution in [1.29, 1.82) is 0 Å². The summed E-state index contributed by atoms with van der Waals surface area (Å²) in [6.45, 7) is 4.90. The summed E-state index contributed by atoms with van der Waals surface area (Å²) in [6, 6.07) is 0. The second-order valence-corrected chi connectivity index (χ2v) is 2.29. The molecule has 5 nitrogen and oxygen atoms in total. The molecule has 0 saturated heterocycles. The Balaban J connectivity index is 3.00. The maximum absolute atomic E-state index is 8.19. The molecule has 0 amide bonds. The van der Waals surface area contributed by atoms with Crippen molar-refractivity contribution >= 4 is 5.84 Å². The third-order valence-electron chi connectivity index (χ3n) is 1.31. The van der Waals surface area contributed by atoms with Crippen molar-refractivity contribution in [1.82, 2.24) is 5.32 Å². The van der Waals surface area contributed by atoms with Crippen molar-refractivity contribution < 1.29 is 9.94 Å². The van der Waals surface area contributed by atoms with E-state index >= 15 is 0 Å². The quantitative estimate of drug-likeness (QED) is 0.164. The van der Waals surface area contributed by atoms with Gasteiger partial charge in [-0.2, -0.15) is 0 Å². The fourth-order valence-electron chi connectivity index (χ4n) is 0.680. The number of nitrogens with zero attached hydrogens (tertiary/aromatic N) is 1. The van der Waals surface area contributed by atoms with Gasteiger partial charge in [0, 0.05) is 26.1 Å². The summed E-state index contributed by atoms with van der Waals surface area (Å²) < 4.78 is 5.09. The minimum Gasteiger partial charge on any atom is -0.409 e. The Kier molecular flexibility index (Phi) is 7.73. The second kappa shape index (κ2) is 8.29. The fraction of sp³-hybridized carbons (Fsp3) is 0.857. The lowest BCUT2D eigenvalue weighted by Crippen LogP contribution is -2.25. The van der Waals surface area contributed by atoms with Gasteiger partial charge in [0.25, 0.3) is 0 Å². The molecule has 12 heavy (non-hydrogen) atoms. The summed E-state index contributed by atoms with van der Waals surface area (Å²) in [5, 5.41) is 14.1. The van der Waals surface area contributed by atoms with E-state index in [1.165, 1.54) is 0 Å². The minimum atomic E-state index is 0.249. The van der Waals surface area contributed by atoms with E-state index in [4.69, 9.17) is 15.7 Å². The summed E-state index contributed by atoms with van der Waals surface area (Å²) in [4.78, 5) is 0. The predicted molar refractivity (Wildman–Crippen MR) is 47.4 cm³/mol. The van der Waals surface area contributed by atoms with Gasteiger partial charge in [-0.3, -0.25) is 0 Å². The van der Waals surface area contributed by atoms with E-state index in [-0.39, 0.29) is 5.84 Å². The summed E-state index contributed by atoms with van der Waals surface area (Å²) in [5.41, 5.74) is 5.24. The molecular weight excluding hydrogens is 158 g/mol. The van der Waals surface area contributed by atoms with Crippen LogP contribution in [0.3, 0.4) is 0 Å². The Labute approximate surface area is 72.6 Å². The summed E-state index contributed by atoms with van der Waals surface area (Å²) in [6.07, 6.45) is 0.558. The zero-order valence-corrected chi connectivity index (χ0v) is 7.42. The van der Waals surface area contributed by atoms with Gasteiger partial charge in [0.2, 0.25) is 0 Å². The van der Waals surface area contributed by atoms with Gasteiger partial charge in [0.15, 0.2) is 0 Å². The summed E-state index contributed by atoms with van der Waals surface area (Å²) >= 11 is 0. The Bertz CT molecular complexity index is 128. The van der Waals surface area contributed by atoms with Crippen LogP contribution in [0.25, 0.3) is 0 Å². The topological polar surface area (TPSA) is 79.9 Å². The van der Waals surface area contributed by atoms with Crippen molar-refractivity contribution in [2.45, 2.75) is 13.3 Å². The van der Waals surface area contributed by atoms with E-state index < -0.39 is 0 Å². The van der Waals surface area contributed by atoms with E-state index in [0.717, 1.165) is 13.2 Å². The predicted octanol–water partition coefficient (Wildman–Crippen LogP) is -0.251. The first-order chi connectivity index (χ1) is 5.81. The van der Waals surface area contributed by atoms with Gasteiger partial charge in [0.1, 0.15) is 5.84 Å². The maximum Gasteiger partial charge on any atom is 0.140 e. The second-order valence-electron chi connectivity index (χ2n) is 2.29. The van der Waals surface area contributed by atoms with Crippen molar-refractivity contribution in [3.05, 3.63) is 0 Å². The van der Waals surface area contributed by atoms with E-state index in [1.54, 1.807) is 0 Å². The van der Waals surface area contributed by atoms with Crippen molar-refractivity contribution in [2.24, 2.45) is 10.9 Å². The third-order valence-corrected chi connectivity index (χ3v) is 1.31. The minimum absolute atomic E-state index is 0.249. The normalized spacial score (nSPS) is 11.9. The monoisotopic (exact) mass is 175 g/mol. The molecule has 0 atom stereocenters. The largest absolute Gasteiger partial charge is 0.409 e. The van der Waals surface area contributed by atoms with Crippen LogP contribution in [0.2, 0.25) is 0 Å². The van der Waals surface area contributed by atoms with E-state index in [1.807, 2.05) is 6.92 Å². The highest BCUT2D eigenvalue weighted by Crippen LogP contribution is 1.76. The highest BCUT2D eigenvalue weighted by molar-refractivity contribution is 5.79. The molecule has 0 heterocycles. The number of oxime groups is 1. The molecule has 0 aliphatic carbocycles. The highest BCUT2D eigenvalue weighted by atomic mass is 16.5. The van der Waals surface area contributed by atoms with Crippen LogP contribution >= 0.6 is 0 Å². The fourth-order valence-corrected chi connectivity index (χ4v) is 0.680. The number of amidine groups is 1. The molecule has 72 valence electrons. The standard InChI is InChI=1S/C7H17N3O2/c1-2-12-6-5-9-4-3-7(8)10-11/h9,11H,2-6H2,1H3,(H2,8,10). The number of nitrogens with one attached hydrogen (secondary N) is 1. The van der Waals surface area contributed by atoms with Crippen molar-refractivity contribution in [3.8, 4) is 0 Å². The first-order valence-electron chi connectivity index (χ1n) is 4.06. The first kappa shape index (κ1) is 11.2. The molecule has 0 aliphatic heterocycles. The molecule has 0 aliphatic rings. The van der Waals surface area contributed by atoms with Crippen LogP contribution in [-0.2, 0) is 4.74 Å². The van der Waals surface area contributed by atoms with Crippen LogP contribution in [0.15, 0.2) is 5.16 Å². The highest BCUT2D eigenvalue weighted by Gasteiger charge is 1.91. The van der Waals surface area contributed by atoms with Crippen LogP contribution in [0.5, 0.6) is 0 Å². The number of hydrogen-bond acceptors (Lipinski definition) is 4. The number of nitrogens with two attached hydrogens (primary N) is 1. The van der Waals surface area contributed by atoms with E-state index in [2.05, 4.69) is 10.5 Å². The van der Waals surface area contributed by atoms with Gasteiger partial charge in [-0.25, -0.2) is 0 Å². The lowest BCUT2D eigenvalue weighted by Gasteiger charge is -2.03. The lowest BCUT2D eigenvalue weighted by atomic mass is 10.4. The van der Waals surface area contributed by atoms with Gasteiger partial charge in [-0.15, -0.1) is 0 Å². The smallest absolute Gasteiger partial charge is 0.140 e. The Hall–Kier alpha value is -0.810. The number of ether oxygens (including phenoxy) is 1. The summed E-state index contributed by atoms with van der Waals surface area (Å²) in [5.74, 6) is 0.249. The molecule has 4 N–H and O–H groups in total. The van der Waals surface area contributed by atoms with Gasteiger partial charge >= 0.3 is 0 Å². The molecule has 0 saturated carbocycles. The number of rotatable bonds is 7. The van der Waals surface area contributed by atoms with E-state index in [0.29, 0.717) is 19.6 Å². The lowest BCUT2D eigenvalue weighted by molar-refractivity contribution is 0.149. The molecule has 0 radical (unpaired) electrons. The van der Waals surface area contributed by atoms with Crippen LogP contribution in [0, 0.1) is 0 Å². The number of hydrogen-bond donors (Lipinski definition) is 3. The van der Waals surface area contributed by atoms with E-state index in [9.17, 15) is 0 Å². The molecule has 0 unspecified atom stereocenters. The molecule has 5 heteroatoms. The Morgan fingerprint density at radius 2 is 2.33 bits per heavy atom. The molecule has 0 fully saturated rings. The van der Waals surface area contributed by atoms with Crippen molar-refractivity contribution in [3.63, 3.8) is 0 Å².